The second-order valence-corrected chi connectivity index (χ2v) is 5.30. The van der Waals surface area contributed by atoms with E-state index in [0.717, 1.165) is 33.5 Å². The van der Waals surface area contributed by atoms with Gasteiger partial charge in [-0.05, 0) is 18.1 Å². The smallest absolute Gasteiger partial charge is 0.125 e. The maximum atomic E-state index is 6.17. The molecule has 20 heavy (non-hydrogen) atoms. The van der Waals surface area contributed by atoms with Gasteiger partial charge in [-0.1, -0.05) is 32.0 Å². The Bertz CT molecular complexity index is 766. The Morgan fingerprint density at radius 3 is 2.70 bits per heavy atom. The number of aryl methyl sites for hydroxylation is 1. The minimum absolute atomic E-state index is 0.325. The molecule has 0 spiro atoms. The zero-order valence-corrected chi connectivity index (χ0v) is 12.0. The van der Waals surface area contributed by atoms with Crippen LogP contribution in [-0.2, 0) is 7.05 Å². The first-order chi connectivity index (χ1) is 9.59. The minimum Gasteiger partial charge on any atom is -0.384 e. The van der Waals surface area contributed by atoms with Gasteiger partial charge in [0.2, 0.25) is 0 Å². The summed E-state index contributed by atoms with van der Waals surface area (Å²) in [5.74, 6) is 1.06. The van der Waals surface area contributed by atoms with Gasteiger partial charge in [0.25, 0.3) is 0 Å². The summed E-state index contributed by atoms with van der Waals surface area (Å²) in [6, 6.07) is 10.1. The molecule has 2 heterocycles. The fraction of sp³-hybridized carbons (Fsp3) is 0.250. The van der Waals surface area contributed by atoms with E-state index in [2.05, 4.69) is 36.1 Å². The van der Waals surface area contributed by atoms with Gasteiger partial charge in [-0.15, -0.1) is 0 Å². The molecule has 3 rings (SSSR count). The summed E-state index contributed by atoms with van der Waals surface area (Å²) < 4.78 is 1.75. The van der Waals surface area contributed by atoms with Crippen molar-refractivity contribution >= 4 is 16.7 Å². The van der Waals surface area contributed by atoms with Crippen LogP contribution in [0.4, 0.5) is 5.82 Å². The Morgan fingerprint density at radius 1 is 1.15 bits per heavy atom. The van der Waals surface area contributed by atoms with Gasteiger partial charge < -0.3 is 5.73 Å². The second kappa shape index (κ2) is 4.63. The highest BCUT2D eigenvalue weighted by molar-refractivity contribution is 5.95. The lowest BCUT2D eigenvalue weighted by Gasteiger charge is -2.09. The fourth-order valence-electron chi connectivity index (χ4n) is 2.63. The lowest BCUT2D eigenvalue weighted by Crippen LogP contribution is -2.00. The van der Waals surface area contributed by atoms with E-state index in [1.54, 1.807) is 4.68 Å². The van der Waals surface area contributed by atoms with E-state index >= 15 is 0 Å². The zero-order chi connectivity index (χ0) is 14.3. The van der Waals surface area contributed by atoms with Crippen LogP contribution in [-0.4, -0.2) is 14.8 Å². The van der Waals surface area contributed by atoms with Gasteiger partial charge in [0.05, 0.1) is 11.2 Å². The van der Waals surface area contributed by atoms with E-state index in [9.17, 15) is 0 Å². The Kier molecular flexibility index (Phi) is 2.93. The first-order valence-corrected chi connectivity index (χ1v) is 6.76. The number of aromatic nitrogens is 3. The first kappa shape index (κ1) is 12.7. The molecule has 2 aromatic heterocycles. The summed E-state index contributed by atoms with van der Waals surface area (Å²) in [4.78, 5) is 4.41. The third-order valence-corrected chi connectivity index (χ3v) is 3.61. The number of anilines is 1. The van der Waals surface area contributed by atoms with Crippen LogP contribution in [0.2, 0.25) is 0 Å². The van der Waals surface area contributed by atoms with E-state index < -0.39 is 0 Å². The SMILES string of the molecule is CC(C)c1c(-c2cccc3ncccc23)nn(C)c1N. The van der Waals surface area contributed by atoms with Gasteiger partial charge in [-0.3, -0.25) is 9.67 Å². The number of nitrogens with zero attached hydrogens (tertiary/aromatic N) is 3. The van der Waals surface area contributed by atoms with E-state index in [1.165, 1.54) is 0 Å². The summed E-state index contributed by atoms with van der Waals surface area (Å²) >= 11 is 0. The third-order valence-electron chi connectivity index (χ3n) is 3.61. The number of nitrogens with two attached hydrogens (primary N) is 1. The number of hydrogen-bond donors (Lipinski definition) is 1. The molecule has 0 atom stereocenters. The first-order valence-electron chi connectivity index (χ1n) is 6.76. The summed E-state index contributed by atoms with van der Waals surface area (Å²) in [6.45, 7) is 4.28. The van der Waals surface area contributed by atoms with Crippen LogP contribution in [0.25, 0.3) is 22.2 Å². The van der Waals surface area contributed by atoms with Crippen molar-refractivity contribution in [3.05, 3.63) is 42.1 Å². The van der Waals surface area contributed by atoms with Crippen molar-refractivity contribution in [1.82, 2.24) is 14.8 Å². The average molecular weight is 266 g/mol. The molecule has 4 heteroatoms. The molecule has 0 saturated carbocycles. The van der Waals surface area contributed by atoms with Crippen molar-refractivity contribution in [2.24, 2.45) is 7.05 Å². The summed E-state index contributed by atoms with van der Waals surface area (Å²) in [5.41, 5.74) is 10.3. The number of hydrogen-bond acceptors (Lipinski definition) is 3. The topological polar surface area (TPSA) is 56.7 Å². The van der Waals surface area contributed by atoms with Crippen LogP contribution in [0, 0.1) is 0 Å². The largest absolute Gasteiger partial charge is 0.384 e. The van der Waals surface area contributed by atoms with Gasteiger partial charge in [0, 0.05) is 29.8 Å². The summed E-state index contributed by atoms with van der Waals surface area (Å²) in [7, 11) is 1.88. The minimum atomic E-state index is 0.325. The van der Waals surface area contributed by atoms with Crippen LogP contribution < -0.4 is 5.73 Å². The Hall–Kier alpha value is -2.36. The number of rotatable bonds is 2. The molecule has 2 N–H and O–H groups in total. The molecule has 1 aromatic carbocycles. The Labute approximate surface area is 118 Å². The summed E-state index contributed by atoms with van der Waals surface area (Å²) in [6.07, 6.45) is 1.81. The van der Waals surface area contributed by atoms with Crippen LogP contribution in [0.15, 0.2) is 36.5 Å². The second-order valence-electron chi connectivity index (χ2n) is 5.30. The maximum Gasteiger partial charge on any atom is 0.125 e. The molecule has 0 aliphatic rings. The number of pyridine rings is 1. The Balaban J connectivity index is 2.34. The number of benzene rings is 1. The maximum absolute atomic E-state index is 6.17. The molecule has 0 aliphatic carbocycles. The molecule has 0 amide bonds. The standard InChI is InChI=1S/C16H18N4/c1-10(2)14-15(19-20(3)16(14)17)12-6-4-8-13-11(12)7-5-9-18-13/h4-10H,17H2,1-3H3. The molecule has 4 nitrogen and oxygen atoms in total. The number of nitrogen functional groups attached to an aromatic ring is 1. The van der Waals surface area contributed by atoms with Crippen LogP contribution in [0.3, 0.4) is 0 Å². The van der Waals surface area contributed by atoms with Crippen molar-refractivity contribution in [2.45, 2.75) is 19.8 Å². The molecular formula is C16H18N4. The lowest BCUT2D eigenvalue weighted by atomic mass is 9.96. The van der Waals surface area contributed by atoms with Gasteiger partial charge in [0.1, 0.15) is 5.82 Å². The highest BCUT2D eigenvalue weighted by Crippen LogP contribution is 2.35. The third kappa shape index (κ3) is 1.84. The monoisotopic (exact) mass is 266 g/mol. The van der Waals surface area contributed by atoms with E-state index in [4.69, 9.17) is 5.73 Å². The predicted molar refractivity (Wildman–Crippen MR) is 82.4 cm³/mol. The molecule has 102 valence electrons. The number of fused-ring (bicyclic) bond motifs is 1. The van der Waals surface area contributed by atoms with Crippen molar-refractivity contribution in [2.75, 3.05) is 5.73 Å². The van der Waals surface area contributed by atoms with Gasteiger partial charge >= 0.3 is 0 Å². The predicted octanol–water partition coefficient (Wildman–Crippen LogP) is 3.34. The van der Waals surface area contributed by atoms with E-state index in [-0.39, 0.29) is 0 Å². The molecular weight excluding hydrogens is 248 g/mol. The normalized spacial score (nSPS) is 11.4. The van der Waals surface area contributed by atoms with Crippen LogP contribution >= 0.6 is 0 Å². The molecule has 0 saturated heterocycles. The van der Waals surface area contributed by atoms with Gasteiger partial charge in [0.15, 0.2) is 0 Å². The molecule has 0 radical (unpaired) electrons. The van der Waals surface area contributed by atoms with Crippen molar-refractivity contribution < 1.29 is 0 Å². The summed E-state index contributed by atoms with van der Waals surface area (Å²) in [5, 5.41) is 5.72. The lowest BCUT2D eigenvalue weighted by molar-refractivity contribution is 0.780. The van der Waals surface area contributed by atoms with Crippen molar-refractivity contribution in [1.29, 1.82) is 0 Å². The molecule has 0 fully saturated rings. The molecule has 3 aromatic rings. The fourth-order valence-corrected chi connectivity index (χ4v) is 2.63. The molecule has 0 bridgehead atoms. The zero-order valence-electron chi connectivity index (χ0n) is 12.0. The quantitative estimate of drug-likeness (QED) is 0.774. The molecule has 0 unspecified atom stereocenters. The van der Waals surface area contributed by atoms with E-state index in [0.29, 0.717) is 5.92 Å². The van der Waals surface area contributed by atoms with Crippen molar-refractivity contribution in [3.8, 4) is 11.3 Å². The van der Waals surface area contributed by atoms with Crippen LogP contribution in [0.5, 0.6) is 0 Å². The van der Waals surface area contributed by atoms with Crippen molar-refractivity contribution in [3.63, 3.8) is 0 Å². The van der Waals surface area contributed by atoms with Gasteiger partial charge in [-0.25, -0.2) is 0 Å². The van der Waals surface area contributed by atoms with Gasteiger partial charge in [-0.2, -0.15) is 5.10 Å². The highest BCUT2D eigenvalue weighted by atomic mass is 15.3. The molecule has 0 aliphatic heterocycles. The average Bonchev–Trinajstić information content (AvgIpc) is 2.74. The Morgan fingerprint density at radius 2 is 1.95 bits per heavy atom. The van der Waals surface area contributed by atoms with Crippen LogP contribution in [0.1, 0.15) is 25.3 Å². The van der Waals surface area contributed by atoms with E-state index in [1.807, 2.05) is 31.4 Å². The highest BCUT2D eigenvalue weighted by Gasteiger charge is 2.19.